The van der Waals surface area contributed by atoms with Crippen LogP contribution in [0.25, 0.3) is 0 Å². The Bertz CT molecular complexity index is 726. The molecule has 132 valence electrons. The Labute approximate surface area is 150 Å². The second-order valence-corrected chi connectivity index (χ2v) is 6.76. The number of amides is 2. The molecule has 1 aliphatic rings. The molecule has 1 N–H and O–H groups in total. The third-order valence-electron chi connectivity index (χ3n) is 4.04. The molecule has 2 amide bonds. The van der Waals surface area contributed by atoms with Gasteiger partial charge >= 0.3 is 0 Å². The largest absolute Gasteiger partial charge is 0.353 e. The van der Waals surface area contributed by atoms with E-state index in [-0.39, 0.29) is 24.7 Å². The fourth-order valence-corrected chi connectivity index (χ4v) is 3.40. The topological polar surface area (TPSA) is 78.4 Å². The van der Waals surface area contributed by atoms with Crippen molar-refractivity contribution in [2.45, 2.75) is 19.8 Å². The molecule has 3 rings (SSSR count). The van der Waals surface area contributed by atoms with Crippen molar-refractivity contribution in [3.05, 3.63) is 35.5 Å². The van der Waals surface area contributed by atoms with Gasteiger partial charge in [0.2, 0.25) is 11.8 Å². The summed E-state index contributed by atoms with van der Waals surface area (Å²) in [5.74, 6) is 0.786. The predicted octanol–water partition coefficient (Wildman–Crippen LogP) is 1.91. The van der Waals surface area contributed by atoms with E-state index in [0.717, 1.165) is 24.6 Å². The van der Waals surface area contributed by atoms with Gasteiger partial charge in [-0.15, -0.1) is 11.3 Å². The van der Waals surface area contributed by atoms with Gasteiger partial charge in [-0.3, -0.25) is 9.59 Å². The number of carbonyl (C=O) groups is 2. The summed E-state index contributed by atoms with van der Waals surface area (Å²) in [7, 11) is 0. The van der Waals surface area contributed by atoms with Gasteiger partial charge in [-0.05, 0) is 19.1 Å². The van der Waals surface area contributed by atoms with Crippen molar-refractivity contribution in [3.8, 4) is 0 Å². The number of anilines is 2. The monoisotopic (exact) mass is 359 g/mol. The highest BCUT2D eigenvalue weighted by Gasteiger charge is 2.22. The number of nitrogens with zero attached hydrogens (tertiary/aromatic N) is 4. The van der Waals surface area contributed by atoms with Gasteiger partial charge in [-0.25, -0.2) is 9.97 Å². The SMILES string of the molecule is Cc1csc(NC(=O)CCC(=O)N2CCN(c3ccccn3)CC2)n1. The van der Waals surface area contributed by atoms with E-state index in [1.54, 1.807) is 6.20 Å². The van der Waals surface area contributed by atoms with Crippen LogP contribution in [-0.4, -0.2) is 52.9 Å². The van der Waals surface area contributed by atoms with Gasteiger partial charge < -0.3 is 15.1 Å². The molecule has 0 unspecified atom stereocenters. The maximum absolute atomic E-state index is 12.3. The van der Waals surface area contributed by atoms with E-state index in [1.807, 2.05) is 35.4 Å². The van der Waals surface area contributed by atoms with Crippen LogP contribution >= 0.6 is 11.3 Å². The smallest absolute Gasteiger partial charge is 0.226 e. The number of hydrogen-bond donors (Lipinski definition) is 1. The van der Waals surface area contributed by atoms with Gasteiger partial charge in [0.25, 0.3) is 0 Å². The Morgan fingerprint density at radius 3 is 2.64 bits per heavy atom. The Morgan fingerprint density at radius 1 is 1.20 bits per heavy atom. The van der Waals surface area contributed by atoms with Gasteiger partial charge in [0.15, 0.2) is 5.13 Å². The third-order valence-corrected chi connectivity index (χ3v) is 4.91. The number of pyridine rings is 1. The van der Waals surface area contributed by atoms with Crippen LogP contribution in [0.2, 0.25) is 0 Å². The van der Waals surface area contributed by atoms with Crippen molar-refractivity contribution < 1.29 is 9.59 Å². The van der Waals surface area contributed by atoms with Crippen LogP contribution in [0.3, 0.4) is 0 Å². The molecule has 7 nitrogen and oxygen atoms in total. The average Bonchev–Trinajstić information content (AvgIpc) is 3.05. The van der Waals surface area contributed by atoms with Crippen LogP contribution in [0.4, 0.5) is 10.9 Å². The summed E-state index contributed by atoms with van der Waals surface area (Å²) in [6.45, 7) is 4.70. The molecule has 0 atom stereocenters. The number of piperazine rings is 1. The van der Waals surface area contributed by atoms with Crippen LogP contribution in [0.1, 0.15) is 18.5 Å². The van der Waals surface area contributed by atoms with Crippen molar-refractivity contribution in [3.63, 3.8) is 0 Å². The first-order valence-electron chi connectivity index (χ1n) is 8.27. The molecule has 8 heteroatoms. The maximum Gasteiger partial charge on any atom is 0.226 e. The quantitative estimate of drug-likeness (QED) is 0.882. The highest BCUT2D eigenvalue weighted by atomic mass is 32.1. The second kappa shape index (κ2) is 8.06. The Kier molecular flexibility index (Phi) is 5.60. The molecular formula is C17H21N5O2S. The Balaban J connectivity index is 1.41. The third kappa shape index (κ3) is 4.76. The fourth-order valence-electron chi connectivity index (χ4n) is 2.70. The molecule has 3 heterocycles. The number of rotatable bonds is 5. The highest BCUT2D eigenvalue weighted by Crippen LogP contribution is 2.16. The lowest BCUT2D eigenvalue weighted by Crippen LogP contribution is -2.49. The zero-order chi connectivity index (χ0) is 17.6. The summed E-state index contributed by atoms with van der Waals surface area (Å²) in [4.78, 5) is 36.7. The molecule has 0 aliphatic carbocycles. The lowest BCUT2D eigenvalue weighted by atomic mass is 10.2. The molecule has 1 saturated heterocycles. The number of hydrogen-bond acceptors (Lipinski definition) is 6. The van der Waals surface area contributed by atoms with Crippen molar-refractivity contribution in [1.82, 2.24) is 14.9 Å². The average molecular weight is 359 g/mol. The molecule has 2 aromatic heterocycles. The predicted molar refractivity (Wildman–Crippen MR) is 97.7 cm³/mol. The van der Waals surface area contributed by atoms with E-state index in [9.17, 15) is 9.59 Å². The van der Waals surface area contributed by atoms with Crippen molar-refractivity contribution >= 4 is 34.1 Å². The summed E-state index contributed by atoms with van der Waals surface area (Å²) < 4.78 is 0. The van der Waals surface area contributed by atoms with Crippen LogP contribution < -0.4 is 10.2 Å². The van der Waals surface area contributed by atoms with E-state index in [0.29, 0.717) is 18.2 Å². The number of aryl methyl sites for hydroxylation is 1. The van der Waals surface area contributed by atoms with Gasteiger partial charge in [0.05, 0.1) is 5.69 Å². The van der Waals surface area contributed by atoms with Crippen molar-refractivity contribution in [2.24, 2.45) is 0 Å². The first kappa shape index (κ1) is 17.3. The van der Waals surface area contributed by atoms with Crippen LogP contribution in [0.5, 0.6) is 0 Å². The molecule has 0 aromatic carbocycles. The Morgan fingerprint density at radius 2 is 2.00 bits per heavy atom. The van der Waals surface area contributed by atoms with Gasteiger partial charge in [0, 0.05) is 50.6 Å². The second-order valence-electron chi connectivity index (χ2n) is 5.90. The molecule has 2 aromatic rings. The molecular weight excluding hydrogens is 338 g/mol. The van der Waals surface area contributed by atoms with Crippen molar-refractivity contribution in [2.75, 3.05) is 36.4 Å². The summed E-state index contributed by atoms with van der Waals surface area (Å²) in [6, 6.07) is 5.83. The summed E-state index contributed by atoms with van der Waals surface area (Å²) >= 11 is 1.39. The number of nitrogens with one attached hydrogen (secondary N) is 1. The molecule has 0 bridgehead atoms. The highest BCUT2D eigenvalue weighted by molar-refractivity contribution is 7.13. The molecule has 0 saturated carbocycles. The van der Waals surface area contributed by atoms with Crippen LogP contribution in [0.15, 0.2) is 29.8 Å². The maximum atomic E-state index is 12.3. The van der Waals surface area contributed by atoms with E-state index < -0.39 is 0 Å². The van der Waals surface area contributed by atoms with Gasteiger partial charge in [0.1, 0.15) is 5.82 Å². The molecule has 1 aliphatic heterocycles. The van der Waals surface area contributed by atoms with Gasteiger partial charge in [-0.1, -0.05) is 6.07 Å². The minimum absolute atomic E-state index is 0.0196. The van der Waals surface area contributed by atoms with E-state index >= 15 is 0 Å². The van der Waals surface area contributed by atoms with Crippen LogP contribution in [0, 0.1) is 6.92 Å². The Hall–Kier alpha value is -2.48. The lowest BCUT2D eigenvalue weighted by Gasteiger charge is -2.35. The molecule has 1 fully saturated rings. The fraction of sp³-hybridized carbons (Fsp3) is 0.412. The minimum atomic E-state index is -0.171. The lowest BCUT2D eigenvalue weighted by molar-refractivity contribution is -0.133. The summed E-state index contributed by atoms with van der Waals surface area (Å²) in [5.41, 5.74) is 0.877. The van der Waals surface area contributed by atoms with Gasteiger partial charge in [-0.2, -0.15) is 0 Å². The first-order chi connectivity index (χ1) is 12.1. The normalized spacial score (nSPS) is 14.4. The first-order valence-corrected chi connectivity index (χ1v) is 9.15. The molecule has 25 heavy (non-hydrogen) atoms. The number of thiazole rings is 1. The van der Waals surface area contributed by atoms with E-state index in [2.05, 4.69) is 20.2 Å². The standard InChI is InChI=1S/C17H21N5O2S/c1-13-12-25-17(19-13)20-15(23)5-6-16(24)22-10-8-21(9-11-22)14-4-2-3-7-18-14/h2-4,7,12H,5-6,8-11H2,1H3,(H,19,20,23). The summed E-state index contributed by atoms with van der Waals surface area (Å²) in [6.07, 6.45) is 2.17. The molecule has 0 spiro atoms. The van der Waals surface area contributed by atoms with E-state index in [4.69, 9.17) is 0 Å². The van der Waals surface area contributed by atoms with Crippen LogP contribution in [-0.2, 0) is 9.59 Å². The number of aromatic nitrogens is 2. The zero-order valence-corrected chi connectivity index (χ0v) is 15.0. The zero-order valence-electron chi connectivity index (χ0n) is 14.1. The minimum Gasteiger partial charge on any atom is -0.353 e. The molecule has 0 radical (unpaired) electrons. The summed E-state index contributed by atoms with van der Waals surface area (Å²) in [5, 5.41) is 5.19. The van der Waals surface area contributed by atoms with E-state index in [1.165, 1.54) is 11.3 Å². The van der Waals surface area contributed by atoms with Crippen molar-refractivity contribution in [1.29, 1.82) is 0 Å². The number of carbonyl (C=O) groups excluding carboxylic acids is 2.